The number of hydrogen-bond donors (Lipinski definition) is 2. The number of carbonyl (C=O) groups is 2. The molecule has 1 heterocycles. The Morgan fingerprint density at radius 2 is 1.86 bits per heavy atom. The Hall–Kier alpha value is -2.33. The first-order valence-corrected chi connectivity index (χ1v) is 7.41. The molecule has 5 heteroatoms. The third-order valence-corrected chi connectivity index (χ3v) is 3.81. The molecule has 3 rings (SSSR count). The molecule has 0 aromatic heterocycles. The lowest BCUT2D eigenvalue weighted by molar-refractivity contribution is -0.120. The second kappa shape index (κ2) is 6.20. The molecule has 0 spiro atoms. The maximum absolute atomic E-state index is 11.9. The molecule has 1 aliphatic rings. The minimum atomic E-state index is -0.0444. The first-order chi connectivity index (χ1) is 10.6. The van der Waals surface area contributed by atoms with Crippen molar-refractivity contribution in [1.29, 1.82) is 0 Å². The average molecular weight is 315 g/mol. The van der Waals surface area contributed by atoms with Gasteiger partial charge in [0, 0.05) is 17.3 Å². The van der Waals surface area contributed by atoms with Gasteiger partial charge in [-0.3, -0.25) is 9.59 Å². The van der Waals surface area contributed by atoms with E-state index in [4.69, 9.17) is 11.6 Å². The normalized spacial score (nSPS) is 12.7. The maximum atomic E-state index is 11.9. The van der Waals surface area contributed by atoms with Crippen molar-refractivity contribution in [2.45, 2.75) is 19.4 Å². The van der Waals surface area contributed by atoms with Gasteiger partial charge in [0.25, 0.3) is 0 Å². The van der Waals surface area contributed by atoms with E-state index < -0.39 is 0 Å². The van der Waals surface area contributed by atoms with Gasteiger partial charge in [0.15, 0.2) is 0 Å². The van der Waals surface area contributed by atoms with Gasteiger partial charge in [-0.1, -0.05) is 35.9 Å². The molecule has 0 saturated carbocycles. The maximum Gasteiger partial charge on any atom is 0.228 e. The van der Waals surface area contributed by atoms with E-state index in [1.165, 1.54) is 0 Å². The van der Waals surface area contributed by atoms with Crippen LogP contribution in [0.4, 0.5) is 5.69 Å². The molecule has 0 fully saturated rings. The molecule has 0 bridgehead atoms. The first-order valence-electron chi connectivity index (χ1n) is 7.03. The van der Waals surface area contributed by atoms with Gasteiger partial charge >= 0.3 is 0 Å². The summed E-state index contributed by atoms with van der Waals surface area (Å²) in [7, 11) is 0. The van der Waals surface area contributed by atoms with Gasteiger partial charge < -0.3 is 10.6 Å². The number of carbonyl (C=O) groups excluding carboxylic acids is 2. The van der Waals surface area contributed by atoms with Crippen LogP contribution in [0.15, 0.2) is 42.5 Å². The number of halogens is 1. The van der Waals surface area contributed by atoms with E-state index in [2.05, 4.69) is 10.6 Å². The number of nitrogens with one attached hydrogen (secondary N) is 2. The minimum absolute atomic E-state index is 0.0129. The molecule has 0 unspecified atom stereocenters. The molecule has 1 aliphatic heterocycles. The number of amides is 2. The van der Waals surface area contributed by atoms with E-state index >= 15 is 0 Å². The van der Waals surface area contributed by atoms with E-state index in [0.29, 0.717) is 24.4 Å². The molecular formula is C17H15ClN2O2. The Balaban J connectivity index is 1.56. The molecule has 0 atom stereocenters. The predicted molar refractivity (Wildman–Crippen MR) is 85.8 cm³/mol. The Labute approximate surface area is 133 Å². The summed E-state index contributed by atoms with van der Waals surface area (Å²) in [4.78, 5) is 23.3. The summed E-state index contributed by atoms with van der Waals surface area (Å²) < 4.78 is 0. The fraction of sp³-hybridized carbons (Fsp3) is 0.176. The standard InChI is InChI=1S/C17H15ClN2O2/c18-14-4-1-11(2-5-14)8-16(21)19-10-12-3-6-15-13(7-12)9-17(22)20-15/h1-7H,8-10H2,(H,19,21)(H,20,22). The van der Waals surface area contributed by atoms with E-state index in [1.54, 1.807) is 12.1 Å². The lowest BCUT2D eigenvalue weighted by Gasteiger charge is -2.07. The Kier molecular flexibility index (Phi) is 4.11. The fourth-order valence-corrected chi connectivity index (χ4v) is 2.57. The molecule has 2 N–H and O–H groups in total. The van der Waals surface area contributed by atoms with Crippen LogP contribution in [0.1, 0.15) is 16.7 Å². The van der Waals surface area contributed by atoms with Crippen molar-refractivity contribution in [2.75, 3.05) is 5.32 Å². The zero-order chi connectivity index (χ0) is 15.5. The van der Waals surface area contributed by atoms with Crippen LogP contribution in [0.25, 0.3) is 0 Å². The van der Waals surface area contributed by atoms with Crippen molar-refractivity contribution in [3.63, 3.8) is 0 Å². The van der Waals surface area contributed by atoms with Gasteiger partial charge in [0.2, 0.25) is 11.8 Å². The van der Waals surface area contributed by atoms with Crippen molar-refractivity contribution in [1.82, 2.24) is 5.32 Å². The summed E-state index contributed by atoms with van der Waals surface area (Å²) in [6, 6.07) is 13.0. The molecule has 4 nitrogen and oxygen atoms in total. The van der Waals surface area contributed by atoms with E-state index in [-0.39, 0.29) is 11.8 Å². The molecule has 22 heavy (non-hydrogen) atoms. The van der Waals surface area contributed by atoms with Crippen LogP contribution in [0.5, 0.6) is 0 Å². The van der Waals surface area contributed by atoms with Crippen LogP contribution in [-0.4, -0.2) is 11.8 Å². The summed E-state index contributed by atoms with van der Waals surface area (Å²) in [5.74, 6) is -0.0315. The lowest BCUT2D eigenvalue weighted by atomic mass is 10.1. The number of benzene rings is 2. The molecule has 2 aromatic rings. The number of fused-ring (bicyclic) bond motifs is 1. The minimum Gasteiger partial charge on any atom is -0.352 e. The van der Waals surface area contributed by atoms with Crippen molar-refractivity contribution >= 4 is 29.1 Å². The monoisotopic (exact) mass is 314 g/mol. The van der Waals surface area contributed by atoms with E-state index in [9.17, 15) is 9.59 Å². The lowest BCUT2D eigenvalue weighted by Crippen LogP contribution is -2.24. The van der Waals surface area contributed by atoms with Gasteiger partial charge in [0.1, 0.15) is 0 Å². The summed E-state index contributed by atoms with van der Waals surface area (Å²) >= 11 is 5.82. The summed E-state index contributed by atoms with van der Waals surface area (Å²) in [5.41, 5.74) is 3.75. The molecule has 2 amide bonds. The number of rotatable bonds is 4. The highest BCUT2D eigenvalue weighted by Gasteiger charge is 2.17. The van der Waals surface area contributed by atoms with Gasteiger partial charge in [-0.25, -0.2) is 0 Å². The molecule has 2 aromatic carbocycles. The molecular weight excluding hydrogens is 300 g/mol. The molecule has 0 aliphatic carbocycles. The molecule has 0 radical (unpaired) electrons. The Morgan fingerprint density at radius 3 is 2.64 bits per heavy atom. The number of anilines is 1. The highest BCUT2D eigenvalue weighted by molar-refractivity contribution is 6.30. The van der Waals surface area contributed by atoms with Crippen LogP contribution < -0.4 is 10.6 Å². The predicted octanol–water partition coefficient (Wildman–Crippen LogP) is 2.69. The SMILES string of the molecule is O=C(Cc1ccc(Cl)cc1)NCc1ccc2c(c1)CC(=O)N2. The zero-order valence-electron chi connectivity index (χ0n) is 11.9. The third-order valence-electron chi connectivity index (χ3n) is 3.56. The average Bonchev–Trinajstić information content (AvgIpc) is 2.87. The van der Waals surface area contributed by atoms with E-state index in [1.807, 2.05) is 30.3 Å². The molecule has 0 saturated heterocycles. The van der Waals surface area contributed by atoms with Crippen molar-refractivity contribution < 1.29 is 9.59 Å². The zero-order valence-corrected chi connectivity index (χ0v) is 12.6. The molecule has 112 valence electrons. The van der Waals surface area contributed by atoms with Crippen LogP contribution in [0, 0.1) is 0 Å². The largest absolute Gasteiger partial charge is 0.352 e. The van der Waals surface area contributed by atoms with Gasteiger partial charge in [-0.05, 0) is 34.9 Å². The Morgan fingerprint density at radius 1 is 1.14 bits per heavy atom. The highest BCUT2D eigenvalue weighted by Crippen LogP contribution is 2.23. The third kappa shape index (κ3) is 3.46. The van der Waals surface area contributed by atoms with Gasteiger partial charge in [-0.2, -0.15) is 0 Å². The summed E-state index contributed by atoms with van der Waals surface area (Å²) in [6.45, 7) is 0.452. The van der Waals surface area contributed by atoms with Crippen LogP contribution >= 0.6 is 11.6 Å². The van der Waals surface area contributed by atoms with Crippen LogP contribution in [0.2, 0.25) is 5.02 Å². The fourth-order valence-electron chi connectivity index (χ4n) is 2.44. The Bertz CT molecular complexity index is 726. The van der Waals surface area contributed by atoms with E-state index in [0.717, 1.165) is 22.4 Å². The van der Waals surface area contributed by atoms with Crippen molar-refractivity contribution in [2.24, 2.45) is 0 Å². The smallest absolute Gasteiger partial charge is 0.228 e. The summed E-state index contributed by atoms with van der Waals surface area (Å²) in [6.07, 6.45) is 0.726. The summed E-state index contributed by atoms with van der Waals surface area (Å²) in [5, 5.41) is 6.33. The van der Waals surface area contributed by atoms with Gasteiger partial charge in [0.05, 0.1) is 12.8 Å². The second-order valence-electron chi connectivity index (χ2n) is 5.30. The van der Waals surface area contributed by atoms with Gasteiger partial charge in [-0.15, -0.1) is 0 Å². The van der Waals surface area contributed by atoms with Crippen molar-refractivity contribution in [3.05, 3.63) is 64.2 Å². The second-order valence-corrected chi connectivity index (χ2v) is 5.73. The van der Waals surface area contributed by atoms with Crippen LogP contribution in [0.3, 0.4) is 0 Å². The topological polar surface area (TPSA) is 58.2 Å². The first kappa shape index (κ1) is 14.6. The van der Waals surface area contributed by atoms with Crippen LogP contribution in [-0.2, 0) is 29.0 Å². The quantitative estimate of drug-likeness (QED) is 0.911. The highest BCUT2D eigenvalue weighted by atomic mass is 35.5. The number of hydrogen-bond acceptors (Lipinski definition) is 2. The van der Waals surface area contributed by atoms with Crippen molar-refractivity contribution in [3.8, 4) is 0 Å².